The average molecular weight is 322 g/mol. The van der Waals surface area contributed by atoms with Crippen LogP contribution in [0, 0.1) is 5.41 Å². The quantitative estimate of drug-likeness (QED) is 0.845. The number of nitrogens with zero attached hydrogens (tertiary/aromatic N) is 3. The molecule has 3 aliphatic rings. The molecular weight excluding hydrogens is 292 g/mol. The number of fused-ring (bicyclic) bond motifs is 1. The van der Waals surface area contributed by atoms with Gasteiger partial charge < -0.3 is 19.9 Å². The Kier molecular flexibility index (Phi) is 4.19. The van der Waals surface area contributed by atoms with Gasteiger partial charge >= 0.3 is 6.09 Å². The number of carbonyl (C=O) groups is 1. The summed E-state index contributed by atoms with van der Waals surface area (Å²) in [5.41, 5.74) is 0.00424. The lowest BCUT2D eigenvalue weighted by atomic mass is 9.70. The monoisotopic (exact) mass is 322 g/mol. The van der Waals surface area contributed by atoms with E-state index in [1.54, 1.807) is 0 Å². The van der Waals surface area contributed by atoms with E-state index in [0.29, 0.717) is 18.5 Å². The van der Waals surface area contributed by atoms with Crippen molar-refractivity contribution in [3.8, 4) is 0 Å². The van der Waals surface area contributed by atoms with Crippen molar-refractivity contribution in [2.45, 2.75) is 58.6 Å². The fraction of sp³-hybridized carbons (Fsp3) is 0.882. The van der Waals surface area contributed by atoms with Gasteiger partial charge in [-0.3, -0.25) is 4.99 Å². The molecule has 6 nitrogen and oxygen atoms in total. The molecule has 0 bridgehead atoms. The number of rotatable bonds is 2. The van der Waals surface area contributed by atoms with E-state index in [2.05, 4.69) is 22.1 Å². The number of amides is 1. The molecule has 1 unspecified atom stereocenters. The highest BCUT2D eigenvalue weighted by Crippen LogP contribution is 2.39. The summed E-state index contributed by atoms with van der Waals surface area (Å²) in [6.45, 7) is 12.0. The smallest absolute Gasteiger partial charge is 0.410 e. The second kappa shape index (κ2) is 5.87. The first-order valence-electron chi connectivity index (χ1n) is 8.79. The summed E-state index contributed by atoms with van der Waals surface area (Å²) >= 11 is 0. The van der Waals surface area contributed by atoms with Gasteiger partial charge in [0.05, 0.1) is 12.6 Å². The molecule has 1 saturated carbocycles. The van der Waals surface area contributed by atoms with Crippen molar-refractivity contribution < 1.29 is 9.53 Å². The number of nitrogens with one attached hydrogen (secondary N) is 1. The van der Waals surface area contributed by atoms with Gasteiger partial charge in [0.25, 0.3) is 0 Å². The van der Waals surface area contributed by atoms with Gasteiger partial charge in [-0.2, -0.15) is 0 Å². The fourth-order valence-corrected chi connectivity index (χ4v) is 3.47. The number of aliphatic imine (C=N–C) groups is 1. The van der Waals surface area contributed by atoms with Gasteiger partial charge in [-0.25, -0.2) is 4.79 Å². The van der Waals surface area contributed by atoms with E-state index in [9.17, 15) is 4.79 Å². The fourth-order valence-electron chi connectivity index (χ4n) is 3.47. The summed E-state index contributed by atoms with van der Waals surface area (Å²) in [4.78, 5) is 21.0. The van der Waals surface area contributed by atoms with Crippen LogP contribution in [0.25, 0.3) is 0 Å². The van der Waals surface area contributed by atoms with Gasteiger partial charge in [-0.1, -0.05) is 13.3 Å². The Hall–Kier alpha value is -1.46. The summed E-state index contributed by atoms with van der Waals surface area (Å²) in [7, 11) is 0. The lowest BCUT2D eigenvalue weighted by Gasteiger charge is -2.41. The number of carbonyl (C=O) groups excluding carboxylic acids is 1. The Labute approximate surface area is 139 Å². The van der Waals surface area contributed by atoms with Crippen LogP contribution in [0.1, 0.15) is 47.0 Å². The van der Waals surface area contributed by atoms with Crippen molar-refractivity contribution in [3.63, 3.8) is 0 Å². The SMILES string of the molecule is CC1(CNC2=NCC3CN(C(=O)OC(C)(C)C)CCN23)CCC1. The van der Waals surface area contributed by atoms with Crippen LogP contribution in [0.4, 0.5) is 4.79 Å². The highest BCUT2D eigenvalue weighted by atomic mass is 16.6. The van der Waals surface area contributed by atoms with Crippen molar-refractivity contribution in [3.05, 3.63) is 0 Å². The van der Waals surface area contributed by atoms with Crippen LogP contribution in [-0.4, -0.2) is 66.2 Å². The summed E-state index contributed by atoms with van der Waals surface area (Å²) in [6.07, 6.45) is 3.76. The molecule has 130 valence electrons. The number of ether oxygens (including phenoxy) is 1. The molecule has 0 aromatic carbocycles. The van der Waals surface area contributed by atoms with Crippen LogP contribution in [0.2, 0.25) is 0 Å². The zero-order chi connectivity index (χ0) is 16.7. The third kappa shape index (κ3) is 3.72. The molecule has 0 aromatic rings. The molecule has 1 saturated heterocycles. The molecule has 2 fully saturated rings. The predicted molar refractivity (Wildman–Crippen MR) is 90.6 cm³/mol. The largest absolute Gasteiger partial charge is 0.444 e. The molecule has 3 rings (SSSR count). The van der Waals surface area contributed by atoms with E-state index >= 15 is 0 Å². The van der Waals surface area contributed by atoms with Crippen LogP contribution in [0.15, 0.2) is 4.99 Å². The summed E-state index contributed by atoms with van der Waals surface area (Å²) in [6, 6.07) is 0.285. The molecule has 1 aliphatic carbocycles. The minimum Gasteiger partial charge on any atom is -0.444 e. The lowest BCUT2D eigenvalue weighted by molar-refractivity contribution is 0.0137. The molecule has 1 N–H and O–H groups in total. The molecule has 0 radical (unpaired) electrons. The van der Waals surface area contributed by atoms with Crippen LogP contribution in [0.5, 0.6) is 0 Å². The number of hydrogen-bond acceptors (Lipinski definition) is 5. The van der Waals surface area contributed by atoms with Crippen molar-refractivity contribution in [2.75, 3.05) is 32.7 Å². The minimum atomic E-state index is -0.439. The molecule has 1 amide bonds. The lowest BCUT2D eigenvalue weighted by Crippen LogP contribution is -2.58. The van der Waals surface area contributed by atoms with Crippen LogP contribution >= 0.6 is 0 Å². The third-order valence-electron chi connectivity index (χ3n) is 5.09. The van der Waals surface area contributed by atoms with Crippen LogP contribution in [0.3, 0.4) is 0 Å². The Balaban J connectivity index is 1.50. The highest BCUT2D eigenvalue weighted by Gasteiger charge is 2.38. The molecule has 23 heavy (non-hydrogen) atoms. The molecule has 0 spiro atoms. The van der Waals surface area contributed by atoms with Gasteiger partial charge in [0.15, 0.2) is 5.96 Å². The summed E-state index contributed by atoms with van der Waals surface area (Å²) in [5.74, 6) is 1.02. The maximum absolute atomic E-state index is 12.2. The van der Waals surface area contributed by atoms with Crippen molar-refractivity contribution >= 4 is 12.1 Å². The van der Waals surface area contributed by atoms with Gasteiger partial charge in [-0.05, 0) is 39.0 Å². The van der Waals surface area contributed by atoms with Gasteiger partial charge in [-0.15, -0.1) is 0 Å². The van der Waals surface area contributed by atoms with Gasteiger partial charge in [0.1, 0.15) is 5.60 Å². The summed E-state index contributed by atoms with van der Waals surface area (Å²) in [5, 5.41) is 3.55. The van der Waals surface area contributed by atoms with Crippen molar-refractivity contribution in [1.82, 2.24) is 15.1 Å². The Morgan fingerprint density at radius 3 is 2.74 bits per heavy atom. The maximum atomic E-state index is 12.2. The zero-order valence-electron chi connectivity index (χ0n) is 14.9. The Morgan fingerprint density at radius 2 is 2.13 bits per heavy atom. The predicted octanol–water partition coefficient (Wildman–Crippen LogP) is 2.06. The average Bonchev–Trinajstić information content (AvgIpc) is 2.83. The zero-order valence-corrected chi connectivity index (χ0v) is 14.9. The Morgan fingerprint density at radius 1 is 1.39 bits per heavy atom. The molecule has 2 aliphatic heterocycles. The van der Waals surface area contributed by atoms with E-state index in [1.807, 2.05) is 25.7 Å². The van der Waals surface area contributed by atoms with E-state index in [4.69, 9.17) is 4.74 Å². The van der Waals surface area contributed by atoms with Crippen LogP contribution < -0.4 is 5.32 Å². The first-order chi connectivity index (χ1) is 10.8. The standard InChI is InChI=1S/C17H30N4O2/c1-16(2,3)23-15(22)20-8-9-21-13(11-20)10-18-14(21)19-12-17(4)6-5-7-17/h13H,5-12H2,1-4H3,(H,18,19). The van der Waals surface area contributed by atoms with Crippen molar-refractivity contribution in [2.24, 2.45) is 10.4 Å². The van der Waals surface area contributed by atoms with E-state index in [1.165, 1.54) is 19.3 Å². The third-order valence-corrected chi connectivity index (χ3v) is 5.09. The van der Waals surface area contributed by atoms with E-state index in [0.717, 1.165) is 25.6 Å². The normalized spacial score (nSPS) is 26.3. The number of piperazine rings is 1. The molecule has 1 atom stereocenters. The molecule has 2 heterocycles. The van der Waals surface area contributed by atoms with Gasteiger partial charge in [0, 0.05) is 26.2 Å². The van der Waals surface area contributed by atoms with Gasteiger partial charge in [0.2, 0.25) is 0 Å². The number of hydrogen-bond donors (Lipinski definition) is 1. The topological polar surface area (TPSA) is 57.2 Å². The van der Waals surface area contributed by atoms with Crippen LogP contribution in [-0.2, 0) is 4.74 Å². The summed E-state index contributed by atoms with van der Waals surface area (Å²) < 4.78 is 5.48. The second-order valence-electron chi connectivity index (χ2n) is 8.46. The highest BCUT2D eigenvalue weighted by molar-refractivity contribution is 5.82. The van der Waals surface area contributed by atoms with E-state index in [-0.39, 0.29) is 12.1 Å². The maximum Gasteiger partial charge on any atom is 0.410 e. The first-order valence-corrected chi connectivity index (χ1v) is 8.79. The Bertz CT molecular complexity index is 493. The number of guanidine groups is 1. The minimum absolute atomic E-state index is 0.208. The second-order valence-corrected chi connectivity index (χ2v) is 8.46. The molecule has 0 aromatic heterocycles. The molecular formula is C17H30N4O2. The van der Waals surface area contributed by atoms with E-state index < -0.39 is 5.60 Å². The molecule has 6 heteroatoms. The first kappa shape index (κ1) is 16.4. The van der Waals surface area contributed by atoms with Crippen molar-refractivity contribution in [1.29, 1.82) is 0 Å².